The minimum Gasteiger partial charge on any atom is -0.388 e. The summed E-state index contributed by atoms with van der Waals surface area (Å²) >= 11 is 0. The van der Waals surface area contributed by atoms with E-state index in [9.17, 15) is 4.79 Å². The van der Waals surface area contributed by atoms with Crippen LogP contribution in [0.2, 0.25) is 0 Å². The van der Waals surface area contributed by atoms with E-state index in [1.807, 2.05) is 32.2 Å². The number of aryl methyl sites for hydroxylation is 1. The Morgan fingerprint density at radius 3 is 2.50 bits per heavy atom. The number of benzene rings is 1. The van der Waals surface area contributed by atoms with E-state index >= 15 is 0 Å². The van der Waals surface area contributed by atoms with Crippen molar-refractivity contribution in [3.63, 3.8) is 0 Å². The van der Waals surface area contributed by atoms with E-state index in [-0.39, 0.29) is 5.91 Å². The largest absolute Gasteiger partial charge is 0.388 e. The summed E-state index contributed by atoms with van der Waals surface area (Å²) in [6.07, 6.45) is 4.22. The summed E-state index contributed by atoms with van der Waals surface area (Å²) in [5.41, 5.74) is 2.92. The average molecular weight is 270 g/mol. The highest BCUT2D eigenvalue weighted by atomic mass is 16.1. The van der Waals surface area contributed by atoms with Gasteiger partial charge >= 0.3 is 0 Å². The van der Waals surface area contributed by atoms with Crippen LogP contribution in [0.15, 0.2) is 18.2 Å². The Kier molecular flexibility index (Phi) is 2.60. The maximum absolute atomic E-state index is 12.4. The molecule has 4 atom stereocenters. The summed E-state index contributed by atoms with van der Waals surface area (Å²) in [5, 5.41) is 6.40. The third-order valence-corrected chi connectivity index (χ3v) is 5.79. The van der Waals surface area contributed by atoms with Crippen LogP contribution in [0.1, 0.15) is 35.2 Å². The maximum Gasteiger partial charge on any atom is 0.251 e. The van der Waals surface area contributed by atoms with Gasteiger partial charge in [-0.2, -0.15) is 0 Å². The lowest BCUT2D eigenvalue weighted by Crippen LogP contribution is -2.30. The maximum atomic E-state index is 12.4. The highest BCUT2D eigenvalue weighted by Crippen LogP contribution is 2.65. The van der Waals surface area contributed by atoms with Crippen molar-refractivity contribution in [3.8, 4) is 0 Å². The second-order valence-corrected chi connectivity index (χ2v) is 6.77. The van der Waals surface area contributed by atoms with E-state index in [2.05, 4.69) is 10.6 Å². The average Bonchev–Trinajstić information content (AvgIpc) is 2.84. The number of hydrogen-bond donors (Lipinski definition) is 2. The van der Waals surface area contributed by atoms with Crippen LogP contribution in [0.4, 0.5) is 5.69 Å². The standard InChI is InChI=1S/C17H22N2O/c1-9-7-12(18-2)5-6-13(9)17(20)19-16-14-10-3-4-11(8-10)15(14)16/h5-7,10-11,14-16,18H,3-4,8H2,1-2H3,(H,19,20). The molecule has 1 amide bonds. The third-order valence-electron chi connectivity index (χ3n) is 5.79. The van der Waals surface area contributed by atoms with Crippen molar-refractivity contribution in [2.24, 2.45) is 23.7 Å². The van der Waals surface area contributed by atoms with E-state index in [1.165, 1.54) is 19.3 Å². The van der Waals surface area contributed by atoms with Gasteiger partial charge in [-0.15, -0.1) is 0 Å². The molecule has 20 heavy (non-hydrogen) atoms. The Labute approximate surface area is 120 Å². The third kappa shape index (κ3) is 1.68. The molecule has 4 unspecified atom stereocenters. The number of amides is 1. The molecule has 3 nitrogen and oxygen atoms in total. The van der Waals surface area contributed by atoms with Gasteiger partial charge in [0.1, 0.15) is 0 Å². The quantitative estimate of drug-likeness (QED) is 0.886. The molecule has 1 aromatic rings. The van der Waals surface area contributed by atoms with Crippen LogP contribution in [0, 0.1) is 30.6 Å². The van der Waals surface area contributed by atoms with Gasteiger partial charge in [0.2, 0.25) is 0 Å². The number of anilines is 1. The number of hydrogen-bond acceptors (Lipinski definition) is 2. The molecule has 3 aliphatic rings. The molecule has 3 saturated carbocycles. The van der Waals surface area contributed by atoms with Gasteiger partial charge in [0.15, 0.2) is 0 Å². The van der Waals surface area contributed by atoms with Crippen molar-refractivity contribution < 1.29 is 4.79 Å². The van der Waals surface area contributed by atoms with Gasteiger partial charge in [-0.25, -0.2) is 0 Å². The number of fused-ring (bicyclic) bond motifs is 5. The van der Waals surface area contributed by atoms with E-state index in [0.717, 1.165) is 40.5 Å². The van der Waals surface area contributed by atoms with Crippen molar-refractivity contribution in [2.75, 3.05) is 12.4 Å². The monoisotopic (exact) mass is 270 g/mol. The number of rotatable bonds is 3. The van der Waals surface area contributed by atoms with Crippen LogP contribution in [-0.2, 0) is 0 Å². The zero-order valence-electron chi connectivity index (χ0n) is 12.1. The van der Waals surface area contributed by atoms with Crippen LogP contribution in [0.3, 0.4) is 0 Å². The van der Waals surface area contributed by atoms with Gasteiger partial charge < -0.3 is 10.6 Å². The fraction of sp³-hybridized carbons (Fsp3) is 0.588. The Balaban J connectivity index is 1.47. The van der Waals surface area contributed by atoms with Crippen LogP contribution in [0.25, 0.3) is 0 Å². The summed E-state index contributed by atoms with van der Waals surface area (Å²) in [5.74, 6) is 3.53. The summed E-state index contributed by atoms with van der Waals surface area (Å²) in [4.78, 5) is 12.4. The molecule has 0 radical (unpaired) electrons. The zero-order chi connectivity index (χ0) is 13.9. The van der Waals surface area contributed by atoms with Crippen molar-refractivity contribution in [1.82, 2.24) is 5.32 Å². The fourth-order valence-corrected chi connectivity index (χ4v) is 4.82. The first kappa shape index (κ1) is 12.2. The lowest BCUT2D eigenvalue weighted by molar-refractivity contribution is 0.0943. The Hall–Kier alpha value is -1.51. The van der Waals surface area contributed by atoms with E-state index < -0.39 is 0 Å². The minimum atomic E-state index is 0.115. The molecule has 3 heteroatoms. The number of carbonyl (C=O) groups is 1. The van der Waals surface area contributed by atoms with Crippen LogP contribution < -0.4 is 10.6 Å². The molecule has 1 aromatic carbocycles. The Bertz CT molecular complexity index is 552. The summed E-state index contributed by atoms with van der Waals surface area (Å²) < 4.78 is 0. The number of nitrogens with one attached hydrogen (secondary N) is 2. The predicted molar refractivity (Wildman–Crippen MR) is 79.8 cm³/mol. The molecule has 4 rings (SSSR count). The van der Waals surface area contributed by atoms with E-state index in [0.29, 0.717) is 6.04 Å². The van der Waals surface area contributed by atoms with Crippen LogP contribution in [0.5, 0.6) is 0 Å². The molecule has 2 bridgehead atoms. The van der Waals surface area contributed by atoms with E-state index in [1.54, 1.807) is 0 Å². The Morgan fingerprint density at radius 2 is 1.90 bits per heavy atom. The van der Waals surface area contributed by atoms with E-state index in [4.69, 9.17) is 0 Å². The van der Waals surface area contributed by atoms with Gasteiger partial charge in [-0.05, 0) is 73.6 Å². The van der Waals surface area contributed by atoms with Crippen molar-refractivity contribution in [2.45, 2.75) is 32.2 Å². The normalized spacial score (nSPS) is 36.6. The second kappa shape index (κ2) is 4.24. The molecular weight excluding hydrogens is 248 g/mol. The molecule has 0 aromatic heterocycles. The lowest BCUT2D eigenvalue weighted by Gasteiger charge is -2.12. The first-order valence-corrected chi connectivity index (χ1v) is 7.78. The molecule has 106 valence electrons. The summed E-state index contributed by atoms with van der Waals surface area (Å²) in [6, 6.07) is 6.41. The van der Waals surface area contributed by atoms with Crippen molar-refractivity contribution in [3.05, 3.63) is 29.3 Å². The van der Waals surface area contributed by atoms with Crippen LogP contribution in [-0.4, -0.2) is 19.0 Å². The molecular formula is C17H22N2O. The molecule has 3 aliphatic carbocycles. The van der Waals surface area contributed by atoms with Crippen molar-refractivity contribution in [1.29, 1.82) is 0 Å². The first-order valence-electron chi connectivity index (χ1n) is 7.78. The van der Waals surface area contributed by atoms with Gasteiger partial charge in [-0.3, -0.25) is 4.79 Å². The summed E-state index contributed by atoms with van der Waals surface area (Å²) in [6.45, 7) is 2.01. The van der Waals surface area contributed by atoms with Crippen LogP contribution >= 0.6 is 0 Å². The topological polar surface area (TPSA) is 41.1 Å². The minimum absolute atomic E-state index is 0.115. The van der Waals surface area contributed by atoms with Gasteiger partial charge in [0.05, 0.1) is 0 Å². The van der Waals surface area contributed by atoms with Gasteiger partial charge in [0, 0.05) is 24.3 Å². The highest BCUT2D eigenvalue weighted by Gasteiger charge is 2.65. The molecule has 0 saturated heterocycles. The lowest BCUT2D eigenvalue weighted by atomic mass is 10.0. The van der Waals surface area contributed by atoms with Crippen molar-refractivity contribution >= 4 is 11.6 Å². The summed E-state index contributed by atoms with van der Waals surface area (Å²) in [7, 11) is 1.90. The predicted octanol–water partition coefficient (Wildman–Crippen LogP) is 2.81. The zero-order valence-corrected chi connectivity index (χ0v) is 12.1. The number of carbonyl (C=O) groups excluding carboxylic acids is 1. The highest BCUT2D eigenvalue weighted by molar-refractivity contribution is 5.96. The first-order chi connectivity index (χ1) is 9.69. The van der Waals surface area contributed by atoms with Gasteiger partial charge in [0.25, 0.3) is 5.91 Å². The molecule has 0 heterocycles. The fourth-order valence-electron chi connectivity index (χ4n) is 4.82. The molecule has 0 aliphatic heterocycles. The van der Waals surface area contributed by atoms with Gasteiger partial charge in [-0.1, -0.05) is 0 Å². The molecule has 2 N–H and O–H groups in total. The second-order valence-electron chi connectivity index (χ2n) is 6.77. The SMILES string of the molecule is CNc1ccc(C(=O)NC2C3C4CCC(C4)C23)c(C)c1. The molecule has 3 fully saturated rings. The molecule has 0 spiro atoms. The Morgan fingerprint density at radius 1 is 1.20 bits per heavy atom. The smallest absolute Gasteiger partial charge is 0.251 e.